The molecular weight excluding hydrogens is 592 g/mol. The summed E-state index contributed by atoms with van der Waals surface area (Å²) in [4.78, 5) is 28.2. The minimum absolute atomic E-state index is 0.0898. The molecule has 2 atom stereocenters. The maximum absolute atomic E-state index is 13.8. The number of carbonyl (C=O) groups excluding carboxylic acids is 2. The van der Waals surface area contributed by atoms with E-state index in [1.165, 1.54) is 17.9 Å². The van der Waals surface area contributed by atoms with Gasteiger partial charge in [0.2, 0.25) is 15.9 Å². The Morgan fingerprint density at radius 1 is 0.925 bits per heavy atom. The first-order valence-corrected chi connectivity index (χ1v) is 15.0. The molecule has 7 nitrogen and oxygen atoms in total. The van der Waals surface area contributed by atoms with Crippen molar-refractivity contribution in [2.75, 3.05) is 0 Å². The van der Waals surface area contributed by atoms with Crippen molar-refractivity contribution < 1.29 is 22.7 Å². The monoisotopic (exact) mass is 618 g/mol. The molecule has 0 fully saturated rings. The van der Waals surface area contributed by atoms with Gasteiger partial charge in [0.15, 0.2) is 0 Å². The van der Waals surface area contributed by atoms with E-state index < -0.39 is 34.0 Å². The molecule has 1 heterocycles. The lowest BCUT2D eigenvalue weighted by molar-refractivity contribution is -0.147. The molecule has 0 saturated carbocycles. The highest BCUT2D eigenvalue weighted by molar-refractivity contribution is 9.15. The molecule has 0 bridgehead atoms. The molecule has 40 heavy (non-hydrogen) atoms. The van der Waals surface area contributed by atoms with Crippen molar-refractivity contribution in [1.82, 2.24) is 9.62 Å². The van der Waals surface area contributed by atoms with Gasteiger partial charge in [0.05, 0.1) is 23.4 Å². The van der Waals surface area contributed by atoms with E-state index in [4.69, 9.17) is 4.74 Å². The molecule has 5 rings (SSSR count). The predicted octanol–water partition coefficient (Wildman–Crippen LogP) is 5.92. The summed E-state index contributed by atoms with van der Waals surface area (Å²) in [6.45, 7) is 1.61. The number of nitrogens with one attached hydrogen (secondary N) is 1. The number of rotatable bonds is 8. The van der Waals surface area contributed by atoms with Gasteiger partial charge in [0.1, 0.15) is 6.61 Å². The van der Waals surface area contributed by atoms with Gasteiger partial charge in [-0.15, -0.1) is 0 Å². The molecule has 0 aromatic heterocycles. The van der Waals surface area contributed by atoms with Gasteiger partial charge in [0, 0.05) is 16.1 Å². The molecule has 1 N–H and O–H groups in total. The normalized spacial score (nSPS) is 15.7. The molecule has 1 aliphatic heterocycles. The molecular formula is C31H27BrN2O5S. The average molecular weight is 620 g/mol. The minimum Gasteiger partial charge on any atom is -0.461 e. The Bertz CT molecular complexity index is 1700. The van der Waals surface area contributed by atoms with E-state index in [9.17, 15) is 18.0 Å². The molecule has 1 amide bonds. The van der Waals surface area contributed by atoms with Crippen molar-refractivity contribution in [2.45, 2.75) is 36.9 Å². The number of halogens is 1. The number of esters is 1. The third-order valence-corrected chi connectivity index (χ3v) is 8.99. The second kappa shape index (κ2) is 11.8. The van der Waals surface area contributed by atoms with Crippen molar-refractivity contribution in [3.8, 4) is 0 Å². The van der Waals surface area contributed by atoms with Crippen molar-refractivity contribution in [2.24, 2.45) is 0 Å². The summed E-state index contributed by atoms with van der Waals surface area (Å²) < 4.78 is 35.5. The number of amides is 1. The van der Waals surface area contributed by atoms with Crippen LogP contribution in [0.3, 0.4) is 0 Å². The second-order valence-electron chi connectivity index (χ2n) is 9.50. The van der Waals surface area contributed by atoms with Crippen LogP contribution in [0.1, 0.15) is 36.1 Å². The highest BCUT2D eigenvalue weighted by Gasteiger charge is 2.36. The van der Waals surface area contributed by atoms with Gasteiger partial charge < -0.3 is 9.64 Å². The predicted molar refractivity (Wildman–Crippen MR) is 158 cm³/mol. The first kappa shape index (κ1) is 27.8. The van der Waals surface area contributed by atoms with E-state index in [-0.39, 0.29) is 17.9 Å². The molecule has 9 heteroatoms. The zero-order valence-electron chi connectivity index (χ0n) is 21.7. The number of benzene rings is 4. The van der Waals surface area contributed by atoms with E-state index in [0.29, 0.717) is 9.87 Å². The van der Waals surface area contributed by atoms with E-state index in [1.807, 2.05) is 72.8 Å². The number of hydrogen-bond donors (Lipinski definition) is 1. The fourth-order valence-electron chi connectivity index (χ4n) is 4.82. The summed E-state index contributed by atoms with van der Waals surface area (Å²) in [6, 6.07) is 27.2. The summed E-state index contributed by atoms with van der Waals surface area (Å²) in [5.74, 6) is -0.979. The quantitative estimate of drug-likeness (QED) is 0.248. The molecule has 2 unspecified atom stereocenters. The van der Waals surface area contributed by atoms with Crippen LogP contribution >= 0.6 is 15.9 Å². The topological polar surface area (TPSA) is 92.8 Å². The van der Waals surface area contributed by atoms with Crippen LogP contribution in [-0.2, 0) is 31.0 Å². The van der Waals surface area contributed by atoms with Crippen molar-refractivity contribution in [3.05, 3.63) is 120 Å². The second-order valence-corrected chi connectivity index (χ2v) is 12.0. The maximum atomic E-state index is 13.8. The number of nitrogens with zero attached hydrogens (tertiary/aromatic N) is 1. The number of fused-ring (bicyclic) bond motifs is 2. The Hall–Kier alpha value is -3.79. The number of ether oxygens (including phenoxy) is 1. The van der Waals surface area contributed by atoms with E-state index in [0.717, 1.165) is 22.1 Å². The number of carbonyl (C=O) groups is 2. The van der Waals surface area contributed by atoms with E-state index in [1.54, 1.807) is 24.4 Å². The first-order valence-electron chi connectivity index (χ1n) is 12.7. The van der Waals surface area contributed by atoms with Gasteiger partial charge in [-0.05, 0) is 51.0 Å². The number of hydrogen-bond acceptors (Lipinski definition) is 5. The lowest BCUT2D eigenvalue weighted by Crippen LogP contribution is -2.47. The van der Waals surface area contributed by atoms with Gasteiger partial charge in [-0.3, -0.25) is 9.59 Å². The minimum atomic E-state index is -4.05. The van der Waals surface area contributed by atoms with Crippen LogP contribution in [0.5, 0.6) is 0 Å². The zero-order chi connectivity index (χ0) is 28.3. The highest BCUT2D eigenvalue weighted by atomic mass is 79.9. The van der Waals surface area contributed by atoms with Crippen LogP contribution in [0.2, 0.25) is 0 Å². The SMILES string of the molecule is CC(NS(=O)(=O)c1cccc2ccccc12)C(=O)N1C=C(Br)c2ccccc2C1CC(=O)OCc1ccccc1. The molecule has 0 spiro atoms. The van der Waals surface area contributed by atoms with Crippen molar-refractivity contribution >= 4 is 53.1 Å². The summed E-state index contributed by atoms with van der Waals surface area (Å²) in [5.41, 5.74) is 2.45. The summed E-state index contributed by atoms with van der Waals surface area (Å²) in [5, 5.41) is 1.34. The third kappa shape index (κ3) is 5.86. The lowest BCUT2D eigenvalue weighted by atomic mass is 9.93. The Balaban J connectivity index is 1.39. The summed E-state index contributed by atoms with van der Waals surface area (Å²) in [6.07, 6.45) is 1.50. The van der Waals surface area contributed by atoms with Gasteiger partial charge in [0.25, 0.3) is 0 Å². The molecule has 0 aliphatic carbocycles. The molecule has 4 aromatic carbocycles. The van der Waals surface area contributed by atoms with Crippen LogP contribution in [0, 0.1) is 0 Å². The van der Waals surface area contributed by atoms with Gasteiger partial charge in [-0.25, -0.2) is 8.42 Å². The smallest absolute Gasteiger partial charge is 0.308 e. The Morgan fingerprint density at radius 3 is 2.40 bits per heavy atom. The lowest BCUT2D eigenvalue weighted by Gasteiger charge is -2.35. The van der Waals surface area contributed by atoms with Gasteiger partial charge in [-0.1, -0.05) is 91.0 Å². The standard InChI is InChI=1S/C31H27BrN2O5S/c1-21(33-40(37,38)29-17-9-13-23-12-5-6-14-24(23)29)31(36)34-19-27(32)25-15-7-8-16-26(25)28(34)18-30(35)39-20-22-10-3-2-4-11-22/h2-17,19,21,28,33H,18,20H2,1H3. The largest absolute Gasteiger partial charge is 0.461 e. The van der Waals surface area contributed by atoms with Crippen molar-refractivity contribution in [1.29, 1.82) is 0 Å². The maximum Gasteiger partial charge on any atom is 0.308 e. The van der Waals surface area contributed by atoms with E-state index in [2.05, 4.69) is 20.7 Å². The Morgan fingerprint density at radius 2 is 1.60 bits per heavy atom. The highest BCUT2D eigenvalue weighted by Crippen LogP contribution is 2.40. The third-order valence-electron chi connectivity index (χ3n) is 6.76. The summed E-state index contributed by atoms with van der Waals surface area (Å²) >= 11 is 3.54. The molecule has 204 valence electrons. The molecule has 4 aromatic rings. The van der Waals surface area contributed by atoms with Crippen LogP contribution in [0.25, 0.3) is 15.3 Å². The van der Waals surface area contributed by atoms with Gasteiger partial charge >= 0.3 is 5.97 Å². The van der Waals surface area contributed by atoms with Crippen LogP contribution < -0.4 is 4.72 Å². The van der Waals surface area contributed by atoms with Crippen LogP contribution in [-0.4, -0.2) is 31.2 Å². The zero-order valence-corrected chi connectivity index (χ0v) is 24.1. The first-order chi connectivity index (χ1) is 19.2. The van der Waals surface area contributed by atoms with Crippen LogP contribution in [0.4, 0.5) is 0 Å². The van der Waals surface area contributed by atoms with Gasteiger partial charge in [-0.2, -0.15) is 4.72 Å². The van der Waals surface area contributed by atoms with Crippen LogP contribution in [0.15, 0.2) is 108 Å². The summed E-state index contributed by atoms with van der Waals surface area (Å²) in [7, 11) is -4.05. The molecule has 1 aliphatic rings. The Kier molecular flexibility index (Phi) is 8.16. The molecule has 0 radical (unpaired) electrons. The molecule has 0 saturated heterocycles. The van der Waals surface area contributed by atoms with E-state index >= 15 is 0 Å². The van der Waals surface area contributed by atoms with Crippen molar-refractivity contribution in [3.63, 3.8) is 0 Å². The fourth-order valence-corrected chi connectivity index (χ4v) is 6.83. The average Bonchev–Trinajstić information content (AvgIpc) is 2.97. The fraction of sp³-hybridized carbons (Fsp3) is 0.161. The Labute approximate surface area is 241 Å². The number of sulfonamides is 1.